The van der Waals surface area contributed by atoms with Crippen molar-refractivity contribution in [3.8, 4) is 11.3 Å². The fourth-order valence-electron chi connectivity index (χ4n) is 2.87. The molecule has 1 aliphatic heterocycles. The Bertz CT molecular complexity index is 749. The van der Waals surface area contributed by atoms with Gasteiger partial charge in [-0.25, -0.2) is 4.39 Å². The highest BCUT2D eigenvalue weighted by Crippen LogP contribution is 2.23. The number of hydrogen-bond donors (Lipinski definition) is 0. The van der Waals surface area contributed by atoms with Gasteiger partial charge in [-0.2, -0.15) is 0 Å². The highest BCUT2D eigenvalue weighted by atomic mass is 19.1. The Balaban J connectivity index is 1.63. The van der Waals surface area contributed by atoms with Crippen molar-refractivity contribution in [3.05, 3.63) is 41.8 Å². The summed E-state index contributed by atoms with van der Waals surface area (Å²) in [7, 11) is 0. The minimum atomic E-state index is -0.343. The zero-order valence-corrected chi connectivity index (χ0v) is 13.9. The molecule has 2 heterocycles. The van der Waals surface area contributed by atoms with Gasteiger partial charge < -0.3 is 14.2 Å². The molecule has 6 nitrogen and oxygen atoms in total. The van der Waals surface area contributed by atoms with Gasteiger partial charge in [-0.1, -0.05) is 5.16 Å². The average Bonchev–Trinajstić information content (AvgIpc) is 3.12. The van der Waals surface area contributed by atoms with E-state index in [1.165, 1.54) is 12.1 Å². The van der Waals surface area contributed by atoms with E-state index in [4.69, 9.17) is 9.26 Å². The first-order valence-electron chi connectivity index (χ1n) is 8.27. The predicted molar refractivity (Wildman–Crippen MR) is 87.2 cm³/mol. The summed E-state index contributed by atoms with van der Waals surface area (Å²) < 4.78 is 23.2. The van der Waals surface area contributed by atoms with Crippen LogP contribution in [0, 0.1) is 11.7 Å². The summed E-state index contributed by atoms with van der Waals surface area (Å²) in [4.78, 5) is 25.9. The fourth-order valence-corrected chi connectivity index (χ4v) is 2.87. The van der Waals surface area contributed by atoms with E-state index in [0.717, 1.165) is 0 Å². The SMILES string of the molecule is CCOC(=O)C1CCN(C(=O)c2cc(-c3ccc(F)cc3)on2)CC1. The van der Waals surface area contributed by atoms with E-state index in [2.05, 4.69) is 5.16 Å². The van der Waals surface area contributed by atoms with Crippen LogP contribution in [-0.4, -0.2) is 41.6 Å². The van der Waals surface area contributed by atoms with Gasteiger partial charge in [-0.3, -0.25) is 9.59 Å². The number of aromatic nitrogens is 1. The van der Waals surface area contributed by atoms with Gasteiger partial charge in [0.2, 0.25) is 0 Å². The van der Waals surface area contributed by atoms with E-state index in [-0.39, 0.29) is 29.3 Å². The summed E-state index contributed by atoms with van der Waals surface area (Å²) >= 11 is 0. The minimum Gasteiger partial charge on any atom is -0.466 e. The summed E-state index contributed by atoms with van der Waals surface area (Å²) in [6.07, 6.45) is 1.15. The summed E-state index contributed by atoms with van der Waals surface area (Å²) in [5.74, 6) is -0.529. The predicted octanol–water partition coefficient (Wildman–Crippen LogP) is 2.90. The van der Waals surface area contributed by atoms with Gasteiger partial charge in [0.15, 0.2) is 11.5 Å². The number of ether oxygens (including phenoxy) is 1. The van der Waals surface area contributed by atoms with Crippen molar-refractivity contribution in [3.63, 3.8) is 0 Å². The van der Waals surface area contributed by atoms with E-state index < -0.39 is 0 Å². The van der Waals surface area contributed by atoms with Crippen molar-refractivity contribution in [2.24, 2.45) is 5.92 Å². The quantitative estimate of drug-likeness (QED) is 0.796. The Morgan fingerprint density at radius 1 is 1.28 bits per heavy atom. The van der Waals surface area contributed by atoms with Gasteiger partial charge in [-0.05, 0) is 44.0 Å². The minimum absolute atomic E-state index is 0.156. The molecule has 0 atom stereocenters. The third-order valence-corrected chi connectivity index (χ3v) is 4.26. The zero-order valence-electron chi connectivity index (χ0n) is 13.9. The number of esters is 1. The molecule has 1 amide bonds. The first-order valence-corrected chi connectivity index (χ1v) is 8.27. The summed E-state index contributed by atoms with van der Waals surface area (Å²) in [6, 6.07) is 7.32. The second kappa shape index (κ2) is 7.46. The lowest BCUT2D eigenvalue weighted by molar-refractivity contribution is -0.149. The first-order chi connectivity index (χ1) is 12.1. The molecule has 3 rings (SSSR count). The lowest BCUT2D eigenvalue weighted by atomic mass is 9.97. The number of amides is 1. The summed E-state index contributed by atoms with van der Waals surface area (Å²) in [5, 5.41) is 3.82. The summed E-state index contributed by atoms with van der Waals surface area (Å²) in [6.45, 7) is 3.09. The molecule has 1 saturated heterocycles. The topological polar surface area (TPSA) is 72.6 Å². The van der Waals surface area contributed by atoms with Gasteiger partial charge in [0.1, 0.15) is 5.82 Å². The highest BCUT2D eigenvalue weighted by molar-refractivity contribution is 5.93. The highest BCUT2D eigenvalue weighted by Gasteiger charge is 2.29. The Hall–Kier alpha value is -2.70. The van der Waals surface area contributed by atoms with Gasteiger partial charge in [0.05, 0.1) is 12.5 Å². The molecule has 0 radical (unpaired) electrons. The lowest BCUT2D eigenvalue weighted by Gasteiger charge is -2.30. The van der Waals surface area contributed by atoms with Crippen molar-refractivity contribution < 1.29 is 23.2 Å². The maximum Gasteiger partial charge on any atom is 0.309 e. The summed E-state index contributed by atoms with van der Waals surface area (Å²) in [5.41, 5.74) is 0.850. The number of rotatable bonds is 4. The van der Waals surface area contributed by atoms with Crippen LogP contribution in [0.5, 0.6) is 0 Å². The van der Waals surface area contributed by atoms with Crippen LogP contribution in [0.1, 0.15) is 30.3 Å². The van der Waals surface area contributed by atoms with Crippen molar-refractivity contribution in [2.75, 3.05) is 19.7 Å². The number of benzene rings is 1. The molecule has 25 heavy (non-hydrogen) atoms. The number of piperidine rings is 1. The first kappa shape index (κ1) is 17.1. The van der Waals surface area contributed by atoms with Gasteiger partial charge in [0.25, 0.3) is 5.91 Å². The second-order valence-electron chi connectivity index (χ2n) is 5.90. The molecule has 2 aromatic rings. The molecular weight excluding hydrogens is 327 g/mol. The molecular formula is C18H19FN2O4. The molecule has 1 fully saturated rings. The molecule has 1 aromatic heterocycles. The molecule has 1 aromatic carbocycles. The number of hydrogen-bond acceptors (Lipinski definition) is 5. The van der Waals surface area contributed by atoms with Crippen molar-refractivity contribution in [2.45, 2.75) is 19.8 Å². The van der Waals surface area contributed by atoms with Gasteiger partial charge >= 0.3 is 5.97 Å². The molecule has 7 heteroatoms. The van der Waals surface area contributed by atoms with E-state index >= 15 is 0 Å². The Morgan fingerprint density at radius 2 is 1.96 bits per heavy atom. The molecule has 1 aliphatic rings. The maximum atomic E-state index is 13.0. The van der Waals surface area contributed by atoms with Crippen molar-refractivity contribution in [1.29, 1.82) is 0 Å². The number of nitrogens with zero attached hydrogens (tertiary/aromatic N) is 2. The van der Waals surface area contributed by atoms with Crippen molar-refractivity contribution in [1.82, 2.24) is 10.1 Å². The van der Waals surface area contributed by atoms with E-state index in [0.29, 0.717) is 43.9 Å². The van der Waals surface area contributed by atoms with Crippen LogP contribution in [0.3, 0.4) is 0 Å². The van der Waals surface area contributed by atoms with E-state index in [1.807, 2.05) is 0 Å². The molecule has 0 N–H and O–H groups in total. The molecule has 0 aliphatic carbocycles. The van der Waals surface area contributed by atoms with Crippen molar-refractivity contribution >= 4 is 11.9 Å². The van der Waals surface area contributed by atoms with Crippen LogP contribution < -0.4 is 0 Å². The third kappa shape index (κ3) is 3.87. The van der Waals surface area contributed by atoms with E-state index in [1.54, 1.807) is 30.0 Å². The van der Waals surface area contributed by atoms with Gasteiger partial charge in [0, 0.05) is 24.7 Å². The monoisotopic (exact) mass is 346 g/mol. The molecule has 0 saturated carbocycles. The van der Waals surface area contributed by atoms with Crippen LogP contribution >= 0.6 is 0 Å². The van der Waals surface area contributed by atoms with Crippen LogP contribution in [0.25, 0.3) is 11.3 Å². The molecule has 0 spiro atoms. The lowest BCUT2D eigenvalue weighted by Crippen LogP contribution is -2.40. The molecule has 0 unspecified atom stereocenters. The van der Waals surface area contributed by atoms with Crippen LogP contribution in [0.2, 0.25) is 0 Å². The van der Waals surface area contributed by atoms with Crippen LogP contribution in [0.15, 0.2) is 34.9 Å². The number of carbonyl (C=O) groups excluding carboxylic acids is 2. The molecule has 132 valence electrons. The normalized spacial score (nSPS) is 15.2. The number of likely N-dealkylation sites (tertiary alicyclic amines) is 1. The Labute approximate surface area is 144 Å². The molecule has 0 bridgehead atoms. The zero-order chi connectivity index (χ0) is 17.8. The van der Waals surface area contributed by atoms with Crippen LogP contribution in [-0.2, 0) is 9.53 Å². The third-order valence-electron chi connectivity index (χ3n) is 4.26. The smallest absolute Gasteiger partial charge is 0.309 e. The Morgan fingerprint density at radius 3 is 2.60 bits per heavy atom. The van der Waals surface area contributed by atoms with E-state index in [9.17, 15) is 14.0 Å². The van der Waals surface area contributed by atoms with Gasteiger partial charge in [-0.15, -0.1) is 0 Å². The average molecular weight is 346 g/mol. The fraction of sp³-hybridized carbons (Fsp3) is 0.389. The largest absolute Gasteiger partial charge is 0.466 e. The standard InChI is InChI=1S/C18H19FN2O4/c1-2-24-18(23)13-7-9-21(10-8-13)17(22)15-11-16(25-20-15)12-3-5-14(19)6-4-12/h3-6,11,13H,2,7-10H2,1H3. The second-order valence-corrected chi connectivity index (χ2v) is 5.90. The number of carbonyl (C=O) groups is 2. The maximum absolute atomic E-state index is 13.0. The number of halogens is 1. The Kier molecular flexibility index (Phi) is 5.11. The van der Waals surface area contributed by atoms with Crippen LogP contribution in [0.4, 0.5) is 4.39 Å².